The van der Waals surface area contributed by atoms with Gasteiger partial charge in [-0.2, -0.15) is 4.79 Å². The Balaban J connectivity index is 0.000000171. The van der Waals surface area contributed by atoms with Crippen LogP contribution in [0.5, 0.6) is 23.0 Å². The third-order valence-electron chi connectivity index (χ3n) is 23.1. The molecule has 6 fully saturated rings. The third-order valence-corrected chi connectivity index (χ3v) is 23.1. The van der Waals surface area contributed by atoms with Gasteiger partial charge in [-0.15, -0.1) is 26.3 Å². The maximum atomic E-state index is 12.6. The smallest absolute Gasteiger partial charge is 0.491 e. The van der Waals surface area contributed by atoms with Crippen LogP contribution in [0.25, 0.3) is 22.3 Å². The van der Waals surface area contributed by atoms with Gasteiger partial charge >= 0.3 is 12.1 Å². The van der Waals surface area contributed by atoms with Crippen molar-refractivity contribution in [3.63, 3.8) is 0 Å². The average molecular weight is 1470 g/mol. The van der Waals surface area contributed by atoms with Gasteiger partial charge in [-0.25, -0.2) is 10.1 Å². The van der Waals surface area contributed by atoms with Crippen LogP contribution in [0.4, 0.5) is 4.79 Å². The summed E-state index contributed by atoms with van der Waals surface area (Å²) in [6.45, 7) is 16.1. The van der Waals surface area contributed by atoms with Crippen LogP contribution in [0.3, 0.4) is 0 Å². The van der Waals surface area contributed by atoms with Gasteiger partial charge in [0.2, 0.25) is 0 Å². The number of benzene rings is 8. The summed E-state index contributed by atoms with van der Waals surface area (Å²) in [5.74, 6) is 10.6. The topological polar surface area (TPSA) is 189 Å². The van der Waals surface area contributed by atoms with Crippen molar-refractivity contribution in [3.8, 4) is 45.3 Å². The molecule has 14 nitrogen and oxygen atoms in total. The molecule has 0 aliphatic heterocycles. The first kappa shape index (κ1) is 77.0. The minimum absolute atomic E-state index is 0.0221. The van der Waals surface area contributed by atoms with E-state index in [-0.39, 0.29) is 32.4 Å². The summed E-state index contributed by atoms with van der Waals surface area (Å²) < 4.78 is 26.7. The zero-order valence-corrected chi connectivity index (χ0v) is 61.4. The van der Waals surface area contributed by atoms with Crippen molar-refractivity contribution in [1.82, 2.24) is 0 Å². The molecule has 104 heavy (non-hydrogen) atoms. The van der Waals surface area contributed by atoms with Crippen LogP contribution < -0.4 is 19.2 Å². The van der Waals surface area contributed by atoms with Gasteiger partial charge in [0, 0.05) is 33.9 Å². The maximum Gasteiger partial charge on any atom is 0.549 e. The third kappa shape index (κ3) is 15.9. The molecule has 8 aromatic rings. The standard InChI is InChI=1S/C43H44O8.C27H22O4.C12H20O2.2C2H4.CHCl3/c1-27(44)47-19-20-48-33-15-11-31(12-16-33)43(40-9-5-3-7-35(40)36-8-4-6-10-41(36)43)32-13-17-34(18-14-32)50-51-42(45)49-25-28-21-37-29-23-30(26-46-2)38(24-29)39(37)22-28;28-17-18-30-21-13-9-19(10-14-21)27(20-11-15-22(31-29)16-12-20)25-7-3-1-5-23(25)24-6-2-4-8-26(24)27;13-5-7-1-10-8-3-9(6-14)11(4-8)12(10)2-7;2*1-2;2-1(3)4/h3-18,28-30,37-39H,19-26H2,1-2H3;1-16,28-29H,17-18H2;7-14H,1-6H2;2*1-2H2;1H. The Kier molecular flexibility index (Phi) is 26.5. The first-order valence-electron chi connectivity index (χ1n) is 36.1. The first-order valence-corrected chi connectivity index (χ1v) is 37.4. The Morgan fingerprint density at radius 1 is 0.442 bits per heavy atom. The van der Waals surface area contributed by atoms with Crippen LogP contribution in [0.15, 0.2) is 220 Å². The predicted molar refractivity (Wildman–Crippen MR) is 407 cm³/mol. The van der Waals surface area contributed by atoms with Gasteiger partial charge in [0.05, 0.1) is 24.0 Å². The predicted octanol–water partition coefficient (Wildman–Crippen LogP) is 18.5. The summed E-state index contributed by atoms with van der Waals surface area (Å²) in [5.41, 5.74) is 12.7. The van der Waals surface area contributed by atoms with E-state index in [1.807, 2.05) is 60.7 Å². The van der Waals surface area contributed by atoms with Crippen LogP contribution >= 0.6 is 34.8 Å². The molecule has 548 valence electrons. The number of carbonyl (C=O) groups excluding carboxylic acids is 2. The van der Waals surface area contributed by atoms with Gasteiger partial charge in [-0.3, -0.25) is 9.68 Å². The average Bonchev–Trinajstić information content (AvgIpc) is 1.53. The fourth-order valence-corrected chi connectivity index (χ4v) is 19.5. The molecule has 17 heteroatoms. The number of methoxy groups -OCH3 is 1. The molecular weight excluding hydrogens is 1380 g/mol. The summed E-state index contributed by atoms with van der Waals surface area (Å²) in [6, 6.07) is 65.4. The maximum absolute atomic E-state index is 12.6. The molecule has 4 N–H and O–H groups in total. The van der Waals surface area contributed by atoms with E-state index in [2.05, 4.69) is 153 Å². The van der Waals surface area contributed by atoms with E-state index in [0.717, 1.165) is 94.8 Å². The molecular formula is C87H95Cl3O14. The van der Waals surface area contributed by atoms with Crippen molar-refractivity contribution in [1.29, 1.82) is 0 Å². The molecule has 6 saturated carbocycles. The normalized spacial score (nSPS) is 23.9. The SMILES string of the molecule is C=C.C=C.COCC1CC2CC1C1CC(COC(=O)OOc3ccc(C4(c5ccc(OCCOC(C)=O)cc5)c5ccccc5-c5ccccc54)cc3)CC21.ClC(Cl)Cl.OCC1CC2C3CC(CO)C(C3)C2C1.OCCOc1ccc(C2(c3ccc(OO)cc3)c3ccccc3-c3ccccc32)cc1. The lowest BCUT2D eigenvalue weighted by atomic mass is 9.68. The van der Waals surface area contributed by atoms with E-state index >= 15 is 0 Å². The molecule has 4 bridgehead atoms. The molecule has 12 unspecified atom stereocenters. The van der Waals surface area contributed by atoms with E-state index in [1.54, 1.807) is 19.2 Å². The Labute approximate surface area is 626 Å². The van der Waals surface area contributed by atoms with Gasteiger partial charge in [0.1, 0.15) is 31.3 Å². The molecule has 12 atom stereocenters. The van der Waals surface area contributed by atoms with E-state index in [0.29, 0.717) is 60.7 Å². The van der Waals surface area contributed by atoms with E-state index in [4.69, 9.17) is 78.6 Å². The van der Waals surface area contributed by atoms with Crippen LogP contribution in [-0.2, 0) is 34.7 Å². The summed E-state index contributed by atoms with van der Waals surface area (Å²) in [5, 5.41) is 36.6. The van der Waals surface area contributed by atoms with Crippen LogP contribution in [0, 0.1) is 71.0 Å². The molecule has 0 radical (unpaired) electrons. The number of carbonyl (C=O) groups is 2. The number of rotatable bonds is 20. The van der Waals surface area contributed by atoms with E-state index in [9.17, 15) is 19.8 Å². The summed E-state index contributed by atoms with van der Waals surface area (Å²) in [7, 11) is 1.80. The molecule has 8 aliphatic rings. The van der Waals surface area contributed by atoms with Crippen molar-refractivity contribution in [2.45, 2.75) is 73.4 Å². The lowest BCUT2D eigenvalue weighted by molar-refractivity contribution is -0.169. The summed E-state index contributed by atoms with van der Waals surface area (Å²) in [6.07, 6.45) is 9.18. The second-order valence-electron chi connectivity index (χ2n) is 28.1. The quantitative estimate of drug-likeness (QED) is 0.0141. The minimum Gasteiger partial charge on any atom is -0.491 e. The van der Waals surface area contributed by atoms with Crippen LogP contribution in [0.1, 0.15) is 103 Å². The fourth-order valence-electron chi connectivity index (χ4n) is 19.5. The fraction of sp³-hybridized carbons (Fsp3) is 0.379. The first-order chi connectivity index (χ1) is 50.8. The minimum atomic E-state index is -0.818. The lowest BCUT2D eigenvalue weighted by Crippen LogP contribution is -2.28. The zero-order valence-electron chi connectivity index (χ0n) is 59.1. The van der Waals surface area contributed by atoms with Gasteiger partial charge in [-0.1, -0.05) is 180 Å². The number of esters is 1. The van der Waals surface area contributed by atoms with Crippen LogP contribution in [-0.4, -0.2) is 97.0 Å². The van der Waals surface area contributed by atoms with Gasteiger partial charge in [-0.05, 0) is 238 Å². The van der Waals surface area contributed by atoms with Gasteiger partial charge < -0.3 is 43.9 Å². The van der Waals surface area contributed by atoms with Crippen molar-refractivity contribution >= 4 is 46.9 Å². The Bertz CT molecular complexity index is 4000. The molecule has 16 rings (SSSR count). The molecule has 0 saturated heterocycles. The van der Waals surface area contributed by atoms with Crippen LogP contribution in [0.2, 0.25) is 0 Å². The highest BCUT2D eigenvalue weighted by Gasteiger charge is 2.57. The van der Waals surface area contributed by atoms with E-state index in [1.165, 1.54) is 90.0 Å². The number of aliphatic hydroxyl groups excluding tert-OH is 3. The number of aliphatic hydroxyl groups is 3. The second-order valence-corrected chi connectivity index (χ2v) is 30.0. The Morgan fingerprint density at radius 2 is 0.827 bits per heavy atom. The highest BCUT2D eigenvalue weighted by molar-refractivity contribution is 6.63. The number of halogens is 3. The number of alkyl halides is 3. The highest BCUT2D eigenvalue weighted by Crippen LogP contribution is 2.64. The van der Waals surface area contributed by atoms with Crippen molar-refractivity contribution in [3.05, 3.63) is 265 Å². The monoisotopic (exact) mass is 1470 g/mol. The number of fused-ring (bicyclic) bond motifs is 16. The number of hydrogen-bond acceptors (Lipinski definition) is 14. The second kappa shape index (κ2) is 35.8. The van der Waals surface area contributed by atoms with Gasteiger partial charge in [0.15, 0.2) is 15.8 Å². The molecule has 0 amide bonds. The number of ether oxygens (including phenoxy) is 5. The van der Waals surface area contributed by atoms with Gasteiger partial charge in [0.25, 0.3) is 0 Å². The Morgan fingerprint density at radius 3 is 1.24 bits per heavy atom. The largest absolute Gasteiger partial charge is 0.549 e. The van der Waals surface area contributed by atoms with E-state index < -0.39 is 21.3 Å². The molecule has 0 heterocycles. The molecule has 0 spiro atoms. The zero-order chi connectivity index (χ0) is 73.5. The lowest BCUT2D eigenvalue weighted by Gasteiger charge is -2.34. The number of hydrogen-bond donors (Lipinski definition) is 4. The summed E-state index contributed by atoms with van der Waals surface area (Å²) in [4.78, 5) is 38.8. The Hall–Kier alpha value is -8.15. The molecule has 8 aliphatic carbocycles. The summed E-state index contributed by atoms with van der Waals surface area (Å²) >= 11 is 14.4. The van der Waals surface area contributed by atoms with Crippen molar-refractivity contribution < 1.29 is 68.5 Å². The highest BCUT2D eigenvalue weighted by atomic mass is 35.6. The van der Waals surface area contributed by atoms with Crippen molar-refractivity contribution in [2.24, 2.45) is 71.0 Å². The molecule has 0 aromatic heterocycles. The van der Waals surface area contributed by atoms with Crippen molar-refractivity contribution in [2.75, 3.05) is 60.0 Å². The molecule has 8 aromatic carbocycles.